The number of likely N-dealkylation sites (tertiary alicyclic amines) is 1. The number of phenols is 1. The van der Waals surface area contributed by atoms with Crippen molar-refractivity contribution in [2.45, 2.75) is 18.6 Å². The van der Waals surface area contributed by atoms with Crippen LogP contribution in [-0.4, -0.2) is 52.8 Å². The van der Waals surface area contributed by atoms with Crippen LogP contribution in [0.25, 0.3) is 0 Å². The van der Waals surface area contributed by atoms with E-state index in [1.165, 1.54) is 24.1 Å². The van der Waals surface area contributed by atoms with Gasteiger partial charge in [0, 0.05) is 25.6 Å². The normalized spacial score (nSPS) is 22.5. The Labute approximate surface area is 110 Å². The molecule has 0 radical (unpaired) electrons. The third-order valence-corrected chi connectivity index (χ3v) is 3.24. The summed E-state index contributed by atoms with van der Waals surface area (Å²) in [4.78, 5) is 24.7. The Morgan fingerprint density at radius 2 is 2.16 bits per heavy atom. The van der Waals surface area contributed by atoms with E-state index in [0.29, 0.717) is 0 Å². The molecule has 102 valence electrons. The standard InChI is InChI=1S/C13H15NO5/c1-19-10-6-11(13(17)18)14(7-10)12(16)8-3-2-4-9(15)5-8/h2-5,10-11,15H,6-7H2,1H3,(H,17,18). The average Bonchev–Trinajstić information content (AvgIpc) is 2.82. The number of hydrogen-bond donors (Lipinski definition) is 2. The number of benzene rings is 1. The first kappa shape index (κ1) is 13.4. The van der Waals surface area contributed by atoms with Crippen LogP contribution in [0.15, 0.2) is 24.3 Å². The van der Waals surface area contributed by atoms with E-state index in [0.717, 1.165) is 0 Å². The van der Waals surface area contributed by atoms with Gasteiger partial charge in [-0.05, 0) is 18.2 Å². The zero-order valence-electron chi connectivity index (χ0n) is 10.4. The molecular formula is C13H15NO5. The van der Waals surface area contributed by atoms with E-state index in [1.54, 1.807) is 12.1 Å². The molecule has 1 aliphatic heterocycles. The SMILES string of the molecule is COC1CC(C(=O)O)N(C(=O)c2cccc(O)c2)C1. The molecule has 2 unspecified atom stereocenters. The molecule has 1 aromatic carbocycles. The highest BCUT2D eigenvalue weighted by atomic mass is 16.5. The van der Waals surface area contributed by atoms with E-state index in [2.05, 4.69) is 0 Å². The number of nitrogens with zero attached hydrogens (tertiary/aromatic N) is 1. The van der Waals surface area contributed by atoms with Crippen molar-refractivity contribution >= 4 is 11.9 Å². The summed E-state index contributed by atoms with van der Waals surface area (Å²) in [5.74, 6) is -1.49. The molecule has 1 fully saturated rings. The van der Waals surface area contributed by atoms with Crippen LogP contribution in [0, 0.1) is 0 Å². The van der Waals surface area contributed by atoms with Gasteiger partial charge in [0.15, 0.2) is 0 Å². The molecule has 2 rings (SSSR count). The van der Waals surface area contributed by atoms with E-state index in [1.807, 2.05) is 0 Å². The molecule has 1 amide bonds. The number of carboxylic acid groups (broad SMARTS) is 1. The second-order valence-electron chi connectivity index (χ2n) is 4.46. The molecule has 0 aliphatic carbocycles. The molecule has 0 bridgehead atoms. The number of ether oxygens (including phenoxy) is 1. The Hall–Kier alpha value is -2.08. The first-order valence-corrected chi connectivity index (χ1v) is 5.88. The molecular weight excluding hydrogens is 250 g/mol. The molecule has 2 atom stereocenters. The molecule has 1 aliphatic rings. The minimum atomic E-state index is -1.05. The molecule has 6 nitrogen and oxygen atoms in total. The minimum Gasteiger partial charge on any atom is -0.508 e. The summed E-state index contributed by atoms with van der Waals surface area (Å²) in [6.45, 7) is 0.238. The monoisotopic (exact) mass is 265 g/mol. The van der Waals surface area contributed by atoms with Gasteiger partial charge in [0.25, 0.3) is 5.91 Å². The first-order valence-electron chi connectivity index (χ1n) is 5.88. The smallest absolute Gasteiger partial charge is 0.326 e. The van der Waals surface area contributed by atoms with Crippen molar-refractivity contribution in [3.05, 3.63) is 29.8 Å². The fourth-order valence-corrected chi connectivity index (χ4v) is 2.23. The van der Waals surface area contributed by atoms with E-state index in [9.17, 15) is 14.7 Å². The van der Waals surface area contributed by atoms with Crippen molar-refractivity contribution in [3.63, 3.8) is 0 Å². The molecule has 1 heterocycles. The summed E-state index contributed by atoms with van der Waals surface area (Å²) >= 11 is 0. The highest BCUT2D eigenvalue weighted by molar-refractivity contribution is 5.97. The molecule has 1 saturated heterocycles. The van der Waals surface area contributed by atoms with Crippen LogP contribution in [-0.2, 0) is 9.53 Å². The van der Waals surface area contributed by atoms with Gasteiger partial charge in [-0.1, -0.05) is 6.07 Å². The van der Waals surface area contributed by atoms with Crippen molar-refractivity contribution < 1.29 is 24.5 Å². The predicted molar refractivity (Wildman–Crippen MR) is 66.0 cm³/mol. The van der Waals surface area contributed by atoms with Crippen LogP contribution in [0.5, 0.6) is 5.75 Å². The summed E-state index contributed by atoms with van der Waals surface area (Å²) in [5, 5.41) is 18.5. The van der Waals surface area contributed by atoms with E-state index in [4.69, 9.17) is 9.84 Å². The molecule has 0 saturated carbocycles. The summed E-state index contributed by atoms with van der Waals surface area (Å²) < 4.78 is 5.12. The number of carboxylic acids is 1. The molecule has 2 N–H and O–H groups in total. The summed E-state index contributed by atoms with van der Waals surface area (Å²) in [7, 11) is 1.49. The minimum absolute atomic E-state index is 0.0276. The third-order valence-electron chi connectivity index (χ3n) is 3.24. The van der Waals surface area contributed by atoms with Crippen molar-refractivity contribution in [1.82, 2.24) is 4.90 Å². The Morgan fingerprint density at radius 3 is 2.74 bits per heavy atom. The molecule has 6 heteroatoms. The molecule has 0 aromatic heterocycles. The average molecular weight is 265 g/mol. The lowest BCUT2D eigenvalue weighted by Crippen LogP contribution is -2.40. The Balaban J connectivity index is 2.24. The van der Waals surface area contributed by atoms with Crippen LogP contribution in [0.1, 0.15) is 16.8 Å². The maximum absolute atomic E-state index is 12.3. The van der Waals surface area contributed by atoms with Gasteiger partial charge in [0.1, 0.15) is 11.8 Å². The lowest BCUT2D eigenvalue weighted by atomic mass is 10.1. The van der Waals surface area contributed by atoms with Crippen LogP contribution in [0.4, 0.5) is 0 Å². The highest BCUT2D eigenvalue weighted by Gasteiger charge is 2.40. The van der Waals surface area contributed by atoms with E-state index in [-0.39, 0.29) is 30.4 Å². The molecule has 19 heavy (non-hydrogen) atoms. The predicted octanol–water partition coefficient (Wildman–Crippen LogP) is 0.706. The zero-order valence-corrected chi connectivity index (χ0v) is 10.4. The fourth-order valence-electron chi connectivity index (χ4n) is 2.23. The lowest BCUT2D eigenvalue weighted by molar-refractivity contribution is -0.141. The van der Waals surface area contributed by atoms with Crippen molar-refractivity contribution in [2.24, 2.45) is 0 Å². The largest absolute Gasteiger partial charge is 0.508 e. The Morgan fingerprint density at radius 1 is 1.42 bits per heavy atom. The van der Waals surface area contributed by atoms with Crippen molar-refractivity contribution in [3.8, 4) is 5.75 Å². The summed E-state index contributed by atoms with van der Waals surface area (Å²) in [5.41, 5.74) is 0.267. The first-order chi connectivity index (χ1) is 9.02. The molecule has 1 aromatic rings. The number of hydrogen-bond acceptors (Lipinski definition) is 4. The van der Waals surface area contributed by atoms with Gasteiger partial charge in [-0.2, -0.15) is 0 Å². The Kier molecular flexibility index (Phi) is 3.71. The summed E-state index contributed by atoms with van der Waals surface area (Å²) in [6.07, 6.45) is -0.00140. The maximum atomic E-state index is 12.3. The number of aliphatic carboxylic acids is 1. The van der Waals surface area contributed by atoms with Gasteiger partial charge in [0.05, 0.1) is 6.10 Å². The number of amides is 1. The number of carbonyl (C=O) groups is 2. The van der Waals surface area contributed by atoms with Crippen molar-refractivity contribution in [2.75, 3.05) is 13.7 Å². The van der Waals surface area contributed by atoms with Crippen LogP contribution in [0.2, 0.25) is 0 Å². The maximum Gasteiger partial charge on any atom is 0.326 e. The van der Waals surface area contributed by atoms with Crippen LogP contribution in [0.3, 0.4) is 0 Å². The highest BCUT2D eigenvalue weighted by Crippen LogP contribution is 2.23. The van der Waals surface area contributed by atoms with E-state index >= 15 is 0 Å². The lowest BCUT2D eigenvalue weighted by Gasteiger charge is -2.21. The number of methoxy groups -OCH3 is 1. The zero-order chi connectivity index (χ0) is 14.0. The topological polar surface area (TPSA) is 87.1 Å². The van der Waals surface area contributed by atoms with Gasteiger partial charge in [-0.3, -0.25) is 4.79 Å². The van der Waals surface area contributed by atoms with E-state index < -0.39 is 17.9 Å². The van der Waals surface area contributed by atoms with Gasteiger partial charge >= 0.3 is 5.97 Å². The van der Waals surface area contributed by atoms with Gasteiger partial charge in [-0.15, -0.1) is 0 Å². The van der Waals surface area contributed by atoms with Gasteiger partial charge < -0.3 is 19.8 Å². The van der Waals surface area contributed by atoms with Crippen LogP contribution >= 0.6 is 0 Å². The second-order valence-corrected chi connectivity index (χ2v) is 4.46. The van der Waals surface area contributed by atoms with Crippen molar-refractivity contribution in [1.29, 1.82) is 0 Å². The third kappa shape index (κ3) is 2.68. The van der Waals surface area contributed by atoms with Crippen LogP contribution < -0.4 is 0 Å². The second kappa shape index (κ2) is 5.27. The van der Waals surface area contributed by atoms with Gasteiger partial charge in [-0.25, -0.2) is 4.79 Å². The number of rotatable bonds is 3. The number of phenolic OH excluding ortho intramolecular Hbond substituents is 1. The summed E-state index contributed by atoms with van der Waals surface area (Å²) in [6, 6.07) is 4.97. The quantitative estimate of drug-likeness (QED) is 0.840. The molecule has 0 spiro atoms. The number of aromatic hydroxyl groups is 1. The Bertz CT molecular complexity index is 502. The van der Waals surface area contributed by atoms with Gasteiger partial charge in [0.2, 0.25) is 0 Å². The number of carbonyl (C=O) groups excluding carboxylic acids is 1. The fraction of sp³-hybridized carbons (Fsp3) is 0.385.